The summed E-state index contributed by atoms with van der Waals surface area (Å²) in [6.45, 7) is 6.15. The Morgan fingerprint density at radius 1 is 1.03 bits per heavy atom. The lowest BCUT2D eigenvalue weighted by atomic mass is 10.2. The molecule has 1 aromatic carbocycles. The molecule has 4 rings (SSSR count). The summed E-state index contributed by atoms with van der Waals surface area (Å²) in [5.74, 6) is -0.0279. The van der Waals surface area contributed by atoms with Crippen molar-refractivity contribution in [3.05, 3.63) is 53.9 Å². The number of amides is 1. The standard InChI is InChI=1S/C22H26F3N5OS/c1-27-8-11-29(12-9-27)21(31)20-14-17(6-7-26-20)15-28-10-13-30(16-28)18-2-4-19(5-3-18)32-22(23,24)25/h2-7,14H,8-13,15-16H2,1H3. The SMILES string of the molecule is CN1CCN(C(=O)c2cc(CN3CCN(c4ccc(SC(F)(F)F)cc4)C3)ccn2)CC1. The number of halogens is 3. The number of pyridine rings is 1. The largest absolute Gasteiger partial charge is 0.446 e. The summed E-state index contributed by atoms with van der Waals surface area (Å²) in [5.41, 5.74) is -1.88. The van der Waals surface area contributed by atoms with Gasteiger partial charge in [-0.3, -0.25) is 14.7 Å². The minimum atomic E-state index is -4.28. The van der Waals surface area contributed by atoms with Crippen LogP contribution in [0.1, 0.15) is 16.1 Å². The van der Waals surface area contributed by atoms with Gasteiger partial charge in [-0.05, 0) is 60.8 Å². The number of nitrogens with zero attached hydrogens (tertiary/aromatic N) is 5. The van der Waals surface area contributed by atoms with E-state index >= 15 is 0 Å². The van der Waals surface area contributed by atoms with Crippen molar-refractivity contribution in [1.82, 2.24) is 19.7 Å². The first-order valence-corrected chi connectivity index (χ1v) is 11.3. The van der Waals surface area contributed by atoms with Gasteiger partial charge in [0.25, 0.3) is 5.91 Å². The number of hydrogen-bond acceptors (Lipinski definition) is 6. The average molecular weight is 466 g/mol. The Kier molecular flexibility index (Phi) is 6.92. The van der Waals surface area contributed by atoms with Crippen LogP contribution < -0.4 is 4.90 Å². The third-order valence-electron chi connectivity index (χ3n) is 5.73. The van der Waals surface area contributed by atoms with E-state index in [1.807, 2.05) is 17.0 Å². The lowest BCUT2D eigenvalue weighted by Gasteiger charge is -2.32. The highest BCUT2D eigenvalue weighted by atomic mass is 32.2. The van der Waals surface area contributed by atoms with Crippen molar-refractivity contribution in [2.45, 2.75) is 16.9 Å². The highest BCUT2D eigenvalue weighted by Crippen LogP contribution is 2.37. The van der Waals surface area contributed by atoms with Crippen LogP contribution in [0.2, 0.25) is 0 Å². The van der Waals surface area contributed by atoms with E-state index in [9.17, 15) is 18.0 Å². The summed E-state index contributed by atoms with van der Waals surface area (Å²) >= 11 is -0.1000. The molecule has 2 fully saturated rings. The molecule has 0 unspecified atom stereocenters. The van der Waals surface area contributed by atoms with E-state index < -0.39 is 5.51 Å². The van der Waals surface area contributed by atoms with Crippen LogP contribution in [0.4, 0.5) is 18.9 Å². The second-order valence-electron chi connectivity index (χ2n) is 8.14. The normalized spacial score (nSPS) is 18.4. The summed E-state index contributed by atoms with van der Waals surface area (Å²) in [5, 5.41) is 0. The molecule has 1 aromatic heterocycles. The molecule has 2 aromatic rings. The van der Waals surface area contributed by atoms with Gasteiger partial charge in [-0.25, -0.2) is 0 Å². The maximum Gasteiger partial charge on any atom is 0.446 e. The van der Waals surface area contributed by atoms with Crippen molar-refractivity contribution >= 4 is 23.4 Å². The molecule has 6 nitrogen and oxygen atoms in total. The van der Waals surface area contributed by atoms with Crippen LogP contribution in [-0.2, 0) is 6.54 Å². The van der Waals surface area contributed by atoms with E-state index in [2.05, 4.69) is 26.7 Å². The van der Waals surface area contributed by atoms with Gasteiger partial charge in [0.05, 0.1) is 6.67 Å². The number of likely N-dealkylation sites (N-methyl/N-ethyl adjacent to an activating group) is 1. The number of carbonyl (C=O) groups is 1. The summed E-state index contributed by atoms with van der Waals surface area (Å²) in [6.07, 6.45) is 1.68. The molecule has 3 heterocycles. The molecule has 0 radical (unpaired) electrons. The zero-order valence-corrected chi connectivity index (χ0v) is 18.7. The molecule has 172 valence electrons. The number of aromatic nitrogens is 1. The maximum absolute atomic E-state index is 12.8. The van der Waals surface area contributed by atoms with E-state index in [4.69, 9.17) is 0 Å². The van der Waals surface area contributed by atoms with Gasteiger partial charge >= 0.3 is 5.51 Å². The van der Waals surface area contributed by atoms with Gasteiger partial charge in [0, 0.05) is 62.6 Å². The Balaban J connectivity index is 1.34. The molecule has 1 amide bonds. The summed E-state index contributed by atoms with van der Waals surface area (Å²) in [7, 11) is 2.05. The molecule has 2 saturated heterocycles. The Labute approximate surface area is 190 Å². The first-order valence-electron chi connectivity index (χ1n) is 10.5. The van der Waals surface area contributed by atoms with Crippen LogP contribution in [0.15, 0.2) is 47.5 Å². The van der Waals surface area contributed by atoms with Crippen molar-refractivity contribution in [1.29, 1.82) is 0 Å². The van der Waals surface area contributed by atoms with Gasteiger partial charge in [-0.2, -0.15) is 13.2 Å². The molecule has 0 atom stereocenters. The molecular weight excluding hydrogens is 439 g/mol. The molecule has 0 spiro atoms. The topological polar surface area (TPSA) is 42.9 Å². The Morgan fingerprint density at radius 3 is 2.44 bits per heavy atom. The molecule has 2 aliphatic heterocycles. The monoisotopic (exact) mass is 465 g/mol. The fourth-order valence-corrected chi connectivity index (χ4v) is 4.50. The number of thioether (sulfide) groups is 1. The predicted molar refractivity (Wildman–Crippen MR) is 119 cm³/mol. The first kappa shape index (κ1) is 22.9. The van der Waals surface area contributed by atoms with Gasteiger partial charge in [0.15, 0.2) is 0 Å². The van der Waals surface area contributed by atoms with Crippen LogP contribution in [0.5, 0.6) is 0 Å². The lowest BCUT2D eigenvalue weighted by molar-refractivity contribution is -0.0328. The molecule has 32 heavy (non-hydrogen) atoms. The van der Waals surface area contributed by atoms with E-state index in [0.717, 1.165) is 37.4 Å². The van der Waals surface area contributed by atoms with Crippen LogP contribution in [0.3, 0.4) is 0 Å². The fourth-order valence-electron chi connectivity index (χ4n) is 3.96. The number of benzene rings is 1. The van der Waals surface area contributed by atoms with Gasteiger partial charge in [-0.15, -0.1) is 0 Å². The second-order valence-corrected chi connectivity index (χ2v) is 9.28. The van der Waals surface area contributed by atoms with Crippen LogP contribution in [-0.4, -0.2) is 84.1 Å². The molecule has 0 N–H and O–H groups in total. The number of carbonyl (C=O) groups excluding carboxylic acids is 1. The van der Waals surface area contributed by atoms with E-state index in [0.29, 0.717) is 32.0 Å². The third kappa shape index (κ3) is 5.93. The Hall–Kier alpha value is -2.30. The third-order valence-corrected chi connectivity index (χ3v) is 6.47. The van der Waals surface area contributed by atoms with Crippen molar-refractivity contribution in [3.63, 3.8) is 0 Å². The highest BCUT2D eigenvalue weighted by Gasteiger charge is 2.29. The zero-order valence-electron chi connectivity index (χ0n) is 17.9. The summed E-state index contributed by atoms with van der Waals surface area (Å²) in [6, 6.07) is 10.3. The minimum absolute atomic E-state index is 0.0279. The predicted octanol–water partition coefficient (Wildman–Crippen LogP) is 3.36. The van der Waals surface area contributed by atoms with Crippen molar-refractivity contribution in [2.24, 2.45) is 0 Å². The molecular formula is C22H26F3N5OS. The van der Waals surface area contributed by atoms with E-state index in [1.54, 1.807) is 18.3 Å². The molecule has 0 aliphatic carbocycles. The Bertz CT molecular complexity index is 932. The van der Waals surface area contributed by atoms with Crippen LogP contribution in [0, 0.1) is 0 Å². The van der Waals surface area contributed by atoms with Gasteiger partial charge < -0.3 is 14.7 Å². The van der Waals surface area contributed by atoms with Crippen LogP contribution in [0.25, 0.3) is 0 Å². The lowest BCUT2D eigenvalue weighted by Crippen LogP contribution is -2.47. The second kappa shape index (κ2) is 9.68. The number of piperazine rings is 1. The number of alkyl halides is 3. The van der Waals surface area contributed by atoms with E-state index in [-0.39, 0.29) is 22.6 Å². The number of rotatable bonds is 5. The summed E-state index contributed by atoms with van der Waals surface area (Å²) < 4.78 is 37.5. The van der Waals surface area contributed by atoms with Crippen molar-refractivity contribution < 1.29 is 18.0 Å². The average Bonchev–Trinajstić information content (AvgIpc) is 3.22. The van der Waals surface area contributed by atoms with Gasteiger partial charge in [-0.1, -0.05) is 0 Å². The molecule has 0 bridgehead atoms. The minimum Gasteiger partial charge on any atom is -0.357 e. The fraction of sp³-hybridized carbons (Fsp3) is 0.455. The number of anilines is 1. The molecule has 10 heteroatoms. The van der Waals surface area contributed by atoms with E-state index in [1.165, 1.54) is 12.1 Å². The Morgan fingerprint density at radius 2 is 1.75 bits per heavy atom. The molecule has 2 aliphatic rings. The summed E-state index contributed by atoms with van der Waals surface area (Å²) in [4.78, 5) is 25.7. The smallest absolute Gasteiger partial charge is 0.357 e. The molecule has 0 saturated carbocycles. The van der Waals surface area contributed by atoms with Crippen molar-refractivity contribution in [3.8, 4) is 0 Å². The highest BCUT2D eigenvalue weighted by molar-refractivity contribution is 8.00. The van der Waals surface area contributed by atoms with Crippen molar-refractivity contribution in [2.75, 3.05) is 57.9 Å². The number of hydrogen-bond donors (Lipinski definition) is 0. The van der Waals surface area contributed by atoms with Gasteiger partial charge in [0.1, 0.15) is 5.69 Å². The zero-order chi connectivity index (χ0) is 22.7. The van der Waals surface area contributed by atoms with Gasteiger partial charge in [0.2, 0.25) is 0 Å². The quantitative estimate of drug-likeness (QED) is 0.631. The maximum atomic E-state index is 12.8. The first-order chi connectivity index (χ1) is 15.3. The van der Waals surface area contributed by atoms with Crippen LogP contribution >= 0.6 is 11.8 Å².